The van der Waals surface area contributed by atoms with Crippen LogP contribution in [-0.4, -0.2) is 22.8 Å². The predicted octanol–water partition coefficient (Wildman–Crippen LogP) is 4.51. The number of carbonyl (C=O) groups excluding carboxylic acids is 2. The standard InChI is InChI=1S/C25H24N2O2/c1-17-12-13-18(2)22(14-17)26-24(28)23(15-19-8-4-3-5-9-19)27-16-20-10-6-7-11-21(20)25(27)29/h3-14,23H,15-16H2,1-2H3,(H,26,28)/t23-/m1/s1. The van der Waals surface area contributed by atoms with Gasteiger partial charge in [0.2, 0.25) is 5.91 Å². The van der Waals surface area contributed by atoms with Crippen molar-refractivity contribution in [2.75, 3.05) is 5.32 Å². The number of nitrogens with zero attached hydrogens (tertiary/aromatic N) is 1. The summed E-state index contributed by atoms with van der Waals surface area (Å²) in [5.74, 6) is -0.249. The minimum absolute atomic E-state index is 0.0855. The number of aryl methyl sites for hydroxylation is 2. The van der Waals surface area contributed by atoms with Gasteiger partial charge in [0.05, 0.1) is 0 Å². The number of carbonyl (C=O) groups is 2. The van der Waals surface area contributed by atoms with Crippen LogP contribution >= 0.6 is 0 Å². The fourth-order valence-electron chi connectivity index (χ4n) is 3.80. The SMILES string of the molecule is Cc1ccc(C)c(NC(=O)[C@@H](Cc2ccccc2)N2Cc3ccccc3C2=O)c1. The molecule has 3 aromatic rings. The van der Waals surface area contributed by atoms with Crippen molar-refractivity contribution in [2.45, 2.75) is 32.9 Å². The predicted molar refractivity (Wildman–Crippen MR) is 115 cm³/mol. The first-order valence-electron chi connectivity index (χ1n) is 9.84. The maximum absolute atomic E-state index is 13.4. The lowest BCUT2D eigenvalue weighted by molar-refractivity contribution is -0.120. The molecule has 0 saturated carbocycles. The van der Waals surface area contributed by atoms with E-state index in [-0.39, 0.29) is 11.8 Å². The molecule has 1 aliphatic heterocycles. The van der Waals surface area contributed by atoms with E-state index in [1.807, 2.05) is 86.6 Å². The van der Waals surface area contributed by atoms with Crippen LogP contribution in [0.25, 0.3) is 0 Å². The van der Waals surface area contributed by atoms with E-state index in [9.17, 15) is 9.59 Å². The summed E-state index contributed by atoms with van der Waals surface area (Å²) in [6, 6.07) is 22.8. The van der Waals surface area contributed by atoms with Crippen molar-refractivity contribution in [2.24, 2.45) is 0 Å². The molecule has 0 aromatic heterocycles. The zero-order chi connectivity index (χ0) is 20.4. The van der Waals surface area contributed by atoms with Crippen LogP contribution in [0.1, 0.15) is 32.6 Å². The van der Waals surface area contributed by atoms with Gasteiger partial charge in [0, 0.05) is 24.2 Å². The largest absolute Gasteiger partial charge is 0.324 e. The average Bonchev–Trinajstić information content (AvgIpc) is 3.06. The first-order chi connectivity index (χ1) is 14.0. The van der Waals surface area contributed by atoms with E-state index in [1.54, 1.807) is 4.90 Å². The average molecular weight is 384 g/mol. The molecule has 146 valence electrons. The summed E-state index contributed by atoms with van der Waals surface area (Å²) in [6.45, 7) is 4.42. The van der Waals surface area contributed by atoms with Crippen molar-refractivity contribution in [1.82, 2.24) is 4.90 Å². The molecule has 0 bridgehead atoms. The van der Waals surface area contributed by atoms with Gasteiger partial charge >= 0.3 is 0 Å². The normalized spacial score (nSPS) is 13.9. The van der Waals surface area contributed by atoms with Crippen LogP contribution in [0.5, 0.6) is 0 Å². The van der Waals surface area contributed by atoms with Crippen molar-refractivity contribution in [1.29, 1.82) is 0 Å². The summed E-state index contributed by atoms with van der Waals surface area (Å²) in [5.41, 5.74) is 5.54. The minimum atomic E-state index is -0.586. The summed E-state index contributed by atoms with van der Waals surface area (Å²) in [4.78, 5) is 28.1. The van der Waals surface area contributed by atoms with E-state index in [4.69, 9.17) is 0 Å². The number of benzene rings is 3. The molecule has 29 heavy (non-hydrogen) atoms. The summed E-state index contributed by atoms with van der Waals surface area (Å²) in [6.07, 6.45) is 0.470. The number of rotatable bonds is 5. The van der Waals surface area contributed by atoms with Crippen LogP contribution in [0.15, 0.2) is 72.8 Å². The maximum atomic E-state index is 13.4. The molecule has 0 aliphatic carbocycles. The molecule has 1 heterocycles. The van der Waals surface area contributed by atoms with Gasteiger partial charge in [0.15, 0.2) is 0 Å². The van der Waals surface area contributed by atoms with E-state index < -0.39 is 6.04 Å². The number of nitrogens with one attached hydrogen (secondary N) is 1. The van der Waals surface area contributed by atoms with Crippen molar-refractivity contribution in [3.8, 4) is 0 Å². The molecule has 3 aromatic carbocycles. The van der Waals surface area contributed by atoms with Crippen LogP contribution in [-0.2, 0) is 17.8 Å². The van der Waals surface area contributed by atoms with E-state index in [0.29, 0.717) is 18.5 Å². The fraction of sp³-hybridized carbons (Fsp3) is 0.200. The van der Waals surface area contributed by atoms with Crippen molar-refractivity contribution >= 4 is 17.5 Å². The molecule has 1 N–H and O–H groups in total. The Kier molecular flexibility index (Phi) is 5.17. The second-order valence-corrected chi connectivity index (χ2v) is 7.60. The smallest absolute Gasteiger partial charge is 0.255 e. The third-order valence-corrected chi connectivity index (χ3v) is 5.45. The third kappa shape index (κ3) is 3.92. The van der Waals surface area contributed by atoms with Gasteiger partial charge in [-0.15, -0.1) is 0 Å². The third-order valence-electron chi connectivity index (χ3n) is 5.45. The molecule has 2 amide bonds. The fourth-order valence-corrected chi connectivity index (χ4v) is 3.80. The number of amides is 2. The van der Waals surface area contributed by atoms with Gasteiger partial charge in [-0.05, 0) is 48.2 Å². The van der Waals surface area contributed by atoms with Gasteiger partial charge in [-0.25, -0.2) is 0 Å². The van der Waals surface area contributed by atoms with Gasteiger partial charge in [0.1, 0.15) is 6.04 Å². The van der Waals surface area contributed by atoms with E-state index in [0.717, 1.165) is 27.9 Å². The molecule has 0 spiro atoms. The van der Waals surface area contributed by atoms with E-state index in [1.165, 1.54) is 0 Å². The maximum Gasteiger partial charge on any atom is 0.255 e. The molecular weight excluding hydrogens is 360 g/mol. The van der Waals surface area contributed by atoms with Gasteiger partial charge in [-0.1, -0.05) is 60.7 Å². The first kappa shape index (κ1) is 18.9. The molecule has 4 heteroatoms. The molecule has 1 aliphatic rings. The Morgan fingerprint density at radius 2 is 1.72 bits per heavy atom. The molecule has 0 radical (unpaired) electrons. The highest BCUT2D eigenvalue weighted by atomic mass is 16.2. The summed E-state index contributed by atoms with van der Waals surface area (Å²) in [7, 11) is 0. The highest BCUT2D eigenvalue weighted by molar-refractivity contribution is 6.03. The second kappa shape index (κ2) is 7.92. The summed E-state index contributed by atoms with van der Waals surface area (Å²) >= 11 is 0. The quantitative estimate of drug-likeness (QED) is 0.704. The van der Waals surface area contributed by atoms with Gasteiger partial charge < -0.3 is 10.2 Å². The van der Waals surface area contributed by atoms with Crippen molar-refractivity contribution < 1.29 is 9.59 Å². The number of hydrogen-bond acceptors (Lipinski definition) is 2. The highest BCUT2D eigenvalue weighted by Crippen LogP contribution is 2.27. The summed E-state index contributed by atoms with van der Waals surface area (Å²) in [5, 5.41) is 3.06. The molecule has 0 fully saturated rings. The van der Waals surface area contributed by atoms with Gasteiger partial charge in [-0.2, -0.15) is 0 Å². The number of fused-ring (bicyclic) bond motifs is 1. The van der Waals surface area contributed by atoms with Crippen LogP contribution in [0, 0.1) is 13.8 Å². The molecule has 1 atom stereocenters. The lowest BCUT2D eigenvalue weighted by Crippen LogP contribution is -2.45. The second-order valence-electron chi connectivity index (χ2n) is 7.60. The van der Waals surface area contributed by atoms with E-state index >= 15 is 0 Å². The van der Waals surface area contributed by atoms with Crippen LogP contribution < -0.4 is 5.32 Å². The van der Waals surface area contributed by atoms with Crippen molar-refractivity contribution in [3.05, 3.63) is 101 Å². The molecule has 0 unspecified atom stereocenters. The molecule has 4 nitrogen and oxygen atoms in total. The zero-order valence-electron chi connectivity index (χ0n) is 16.7. The Labute approximate surface area is 171 Å². The topological polar surface area (TPSA) is 49.4 Å². The van der Waals surface area contributed by atoms with Gasteiger partial charge in [-0.3, -0.25) is 9.59 Å². The molecule has 4 rings (SSSR count). The lowest BCUT2D eigenvalue weighted by Gasteiger charge is -2.27. The minimum Gasteiger partial charge on any atom is -0.324 e. The van der Waals surface area contributed by atoms with E-state index in [2.05, 4.69) is 5.32 Å². The van der Waals surface area contributed by atoms with Gasteiger partial charge in [0.25, 0.3) is 5.91 Å². The summed E-state index contributed by atoms with van der Waals surface area (Å²) < 4.78 is 0. The highest BCUT2D eigenvalue weighted by Gasteiger charge is 2.36. The molecular formula is C25H24N2O2. The first-order valence-corrected chi connectivity index (χ1v) is 9.84. The van der Waals surface area contributed by atoms with Crippen molar-refractivity contribution in [3.63, 3.8) is 0 Å². The van der Waals surface area contributed by atoms with Crippen LogP contribution in [0.3, 0.4) is 0 Å². The molecule has 0 saturated heterocycles. The Bertz CT molecular complexity index is 1060. The Balaban J connectivity index is 1.65. The van der Waals surface area contributed by atoms with Crippen LogP contribution in [0.2, 0.25) is 0 Å². The zero-order valence-corrected chi connectivity index (χ0v) is 16.7. The Morgan fingerprint density at radius 1 is 1.00 bits per heavy atom. The monoisotopic (exact) mass is 384 g/mol. The Hall–Kier alpha value is -3.40. The lowest BCUT2D eigenvalue weighted by atomic mass is 10.0. The van der Waals surface area contributed by atoms with Crippen LogP contribution in [0.4, 0.5) is 5.69 Å². The Morgan fingerprint density at radius 3 is 2.48 bits per heavy atom. The number of hydrogen-bond donors (Lipinski definition) is 1. The number of anilines is 1.